The zero-order valence-corrected chi connectivity index (χ0v) is 12.9. The van der Waals surface area contributed by atoms with Crippen LogP contribution in [0.4, 0.5) is 0 Å². The van der Waals surface area contributed by atoms with Gasteiger partial charge in [-0.05, 0) is 33.0 Å². The van der Waals surface area contributed by atoms with Crippen molar-refractivity contribution in [2.75, 3.05) is 0 Å². The first-order valence-corrected chi connectivity index (χ1v) is 7.87. The molecular formula is C20H6O6. The average Bonchev–Trinajstić information content (AvgIpc) is 2.92. The van der Waals surface area contributed by atoms with E-state index in [1.807, 2.05) is 24.3 Å². The van der Waals surface area contributed by atoms with Gasteiger partial charge in [0.05, 0.1) is 21.9 Å². The average molecular weight is 342 g/mol. The molecule has 0 saturated carbocycles. The zero-order chi connectivity index (χ0) is 17.7. The van der Waals surface area contributed by atoms with Crippen LogP contribution >= 0.6 is 0 Å². The molecule has 0 bridgehead atoms. The van der Waals surface area contributed by atoms with Crippen molar-refractivity contribution in [1.29, 1.82) is 0 Å². The molecule has 6 heteroatoms. The molecule has 0 aliphatic carbocycles. The van der Waals surface area contributed by atoms with Crippen LogP contribution in [0.1, 0.15) is 20.7 Å². The Labute approximate surface area is 142 Å². The number of carbonyl (C=O) groups is 2. The maximum absolute atomic E-state index is 12.5. The summed E-state index contributed by atoms with van der Waals surface area (Å²) in [6.07, 6.45) is 0. The second kappa shape index (κ2) is 4.05. The van der Waals surface area contributed by atoms with Crippen molar-refractivity contribution >= 4 is 55.0 Å². The molecule has 0 fully saturated rings. The highest BCUT2D eigenvalue weighted by atomic mass is 16.6. The second-order valence-corrected chi connectivity index (χ2v) is 6.35. The first-order chi connectivity index (χ1) is 12.6. The summed E-state index contributed by atoms with van der Waals surface area (Å²) in [6, 6.07) is 10.8. The predicted molar refractivity (Wildman–Crippen MR) is 93.4 cm³/mol. The highest BCUT2D eigenvalue weighted by Crippen LogP contribution is 2.43. The van der Waals surface area contributed by atoms with E-state index in [9.17, 15) is 19.2 Å². The Morgan fingerprint density at radius 2 is 1.42 bits per heavy atom. The third kappa shape index (κ3) is 1.32. The number of esters is 2. The van der Waals surface area contributed by atoms with E-state index in [2.05, 4.69) is 0 Å². The molecule has 0 amide bonds. The van der Waals surface area contributed by atoms with E-state index in [4.69, 9.17) is 9.15 Å². The molecule has 2 heterocycles. The molecule has 4 aromatic carbocycles. The van der Waals surface area contributed by atoms with Crippen LogP contribution in [0.5, 0.6) is 0 Å². The lowest BCUT2D eigenvalue weighted by Crippen LogP contribution is -2.21. The van der Waals surface area contributed by atoms with Crippen LogP contribution in [0.2, 0.25) is 0 Å². The topological polar surface area (TPSA) is 90.7 Å². The number of benzene rings is 4. The highest BCUT2D eigenvalue weighted by Gasteiger charge is 2.34. The van der Waals surface area contributed by atoms with Gasteiger partial charge in [-0.1, -0.05) is 30.3 Å². The molecule has 1 aliphatic rings. The minimum atomic E-state index is -0.941. The SMILES string of the molecule is O=C1OC(=O)c2c3c1cc1cccc4ccc(c5c(=O)oc(=O)c25)c3c41. The predicted octanol–water partition coefficient (Wildman–Crippen LogP) is 2.80. The molecule has 122 valence electrons. The van der Waals surface area contributed by atoms with Crippen LogP contribution in [-0.4, -0.2) is 11.9 Å². The fourth-order valence-electron chi connectivity index (χ4n) is 4.16. The van der Waals surface area contributed by atoms with E-state index in [1.54, 1.807) is 12.1 Å². The summed E-state index contributed by atoms with van der Waals surface area (Å²) in [4.78, 5) is 49.4. The minimum Gasteiger partial charge on any atom is -0.386 e. The third-order valence-electron chi connectivity index (χ3n) is 5.12. The van der Waals surface area contributed by atoms with Gasteiger partial charge in [0.1, 0.15) is 0 Å². The molecule has 6 rings (SSSR count). The van der Waals surface area contributed by atoms with Gasteiger partial charge in [0.2, 0.25) is 0 Å². The Morgan fingerprint density at radius 3 is 2.27 bits per heavy atom. The molecule has 5 aromatic rings. The van der Waals surface area contributed by atoms with E-state index in [0.717, 1.165) is 16.2 Å². The molecule has 1 aliphatic heterocycles. The number of rotatable bonds is 0. The number of carbonyl (C=O) groups excluding carboxylic acids is 2. The molecular weight excluding hydrogens is 336 g/mol. The van der Waals surface area contributed by atoms with E-state index in [-0.39, 0.29) is 21.9 Å². The van der Waals surface area contributed by atoms with E-state index < -0.39 is 23.2 Å². The van der Waals surface area contributed by atoms with Crippen LogP contribution in [0.15, 0.2) is 50.4 Å². The van der Waals surface area contributed by atoms with Crippen molar-refractivity contribution < 1.29 is 18.7 Å². The van der Waals surface area contributed by atoms with Gasteiger partial charge in [0.25, 0.3) is 0 Å². The number of furan rings is 1. The maximum atomic E-state index is 12.5. The number of ether oxygens (including phenoxy) is 1. The molecule has 6 nitrogen and oxygen atoms in total. The highest BCUT2D eigenvalue weighted by molar-refractivity contribution is 6.38. The van der Waals surface area contributed by atoms with Gasteiger partial charge >= 0.3 is 23.2 Å². The molecule has 0 unspecified atom stereocenters. The lowest BCUT2D eigenvalue weighted by atomic mass is 9.85. The smallest absolute Gasteiger partial charge is 0.347 e. The lowest BCUT2D eigenvalue weighted by Gasteiger charge is -2.20. The van der Waals surface area contributed by atoms with Crippen molar-refractivity contribution in [2.45, 2.75) is 0 Å². The number of fused-ring (bicyclic) bond motifs is 3. The molecule has 26 heavy (non-hydrogen) atoms. The Morgan fingerprint density at radius 1 is 0.654 bits per heavy atom. The minimum absolute atomic E-state index is 0.0491. The Bertz CT molecular complexity index is 1570. The van der Waals surface area contributed by atoms with E-state index in [1.165, 1.54) is 0 Å². The molecule has 0 radical (unpaired) electrons. The van der Waals surface area contributed by atoms with Gasteiger partial charge in [-0.15, -0.1) is 0 Å². The summed E-state index contributed by atoms with van der Waals surface area (Å²) in [7, 11) is 0. The van der Waals surface area contributed by atoms with Crippen LogP contribution in [0.3, 0.4) is 0 Å². The molecule has 0 N–H and O–H groups in total. The van der Waals surface area contributed by atoms with Gasteiger partial charge in [-0.25, -0.2) is 19.2 Å². The number of cyclic esters (lactones) is 2. The third-order valence-corrected chi connectivity index (χ3v) is 5.12. The zero-order valence-electron chi connectivity index (χ0n) is 12.9. The normalized spacial score (nSPS) is 14.2. The first-order valence-electron chi connectivity index (χ1n) is 7.87. The van der Waals surface area contributed by atoms with Crippen LogP contribution in [0, 0.1) is 0 Å². The molecule has 0 atom stereocenters. The van der Waals surface area contributed by atoms with Crippen molar-refractivity contribution in [1.82, 2.24) is 0 Å². The van der Waals surface area contributed by atoms with Crippen LogP contribution in [-0.2, 0) is 4.74 Å². The standard InChI is InChI=1S/C20H6O6/c21-17-10-6-8-3-1-2-7-4-5-9-12(11(7)8)13(10)15(19(23)25-17)16-14(9)18(22)26-20(16)24/h1-6H. The fraction of sp³-hybridized carbons (Fsp3) is 0. The summed E-state index contributed by atoms with van der Waals surface area (Å²) in [6.45, 7) is 0. The van der Waals surface area contributed by atoms with Crippen LogP contribution < -0.4 is 11.3 Å². The van der Waals surface area contributed by atoms with Crippen molar-refractivity contribution in [3.8, 4) is 0 Å². The van der Waals surface area contributed by atoms with Crippen molar-refractivity contribution in [3.05, 3.63) is 68.4 Å². The first kappa shape index (κ1) is 13.5. The van der Waals surface area contributed by atoms with Gasteiger partial charge < -0.3 is 9.15 Å². The molecule has 1 aromatic heterocycles. The number of hydrogen-bond donors (Lipinski definition) is 0. The summed E-state index contributed by atoms with van der Waals surface area (Å²) in [5, 5.41) is 3.86. The monoisotopic (exact) mass is 342 g/mol. The van der Waals surface area contributed by atoms with Gasteiger partial charge in [-0.2, -0.15) is 0 Å². The lowest BCUT2D eigenvalue weighted by molar-refractivity contribution is 0.0393. The summed E-state index contributed by atoms with van der Waals surface area (Å²) in [5.41, 5.74) is -1.57. The quantitative estimate of drug-likeness (QED) is 0.244. The summed E-state index contributed by atoms with van der Waals surface area (Å²) >= 11 is 0. The van der Waals surface area contributed by atoms with Crippen molar-refractivity contribution in [2.24, 2.45) is 0 Å². The van der Waals surface area contributed by atoms with Gasteiger partial charge in [0.15, 0.2) is 0 Å². The largest absolute Gasteiger partial charge is 0.386 e. The summed E-state index contributed by atoms with van der Waals surface area (Å²) < 4.78 is 9.59. The van der Waals surface area contributed by atoms with E-state index in [0.29, 0.717) is 16.2 Å². The summed E-state index contributed by atoms with van der Waals surface area (Å²) in [5.74, 6) is -1.71. The van der Waals surface area contributed by atoms with Gasteiger partial charge in [-0.3, -0.25) is 0 Å². The Kier molecular flexibility index (Phi) is 2.10. The second-order valence-electron chi connectivity index (χ2n) is 6.35. The van der Waals surface area contributed by atoms with Gasteiger partial charge in [0, 0.05) is 5.39 Å². The van der Waals surface area contributed by atoms with E-state index >= 15 is 0 Å². The molecule has 0 saturated heterocycles. The fourth-order valence-corrected chi connectivity index (χ4v) is 4.16. The number of hydrogen-bond acceptors (Lipinski definition) is 6. The maximum Gasteiger partial charge on any atom is 0.347 e. The Hall–Kier alpha value is -3.80. The molecule has 0 spiro atoms. The van der Waals surface area contributed by atoms with Crippen molar-refractivity contribution in [3.63, 3.8) is 0 Å². The Balaban J connectivity index is 2.16. The van der Waals surface area contributed by atoms with Crippen LogP contribution in [0.25, 0.3) is 43.1 Å².